The minimum atomic E-state index is -0.0710. The number of hydrogen-bond donors (Lipinski definition) is 1. The molecule has 0 spiro atoms. The number of nitrogens with zero attached hydrogens (tertiary/aromatic N) is 3. The smallest absolute Gasteiger partial charge is 0.274 e. The molecule has 2 heterocycles. The van der Waals surface area contributed by atoms with Gasteiger partial charge in [-0.2, -0.15) is 0 Å². The molecule has 0 radical (unpaired) electrons. The summed E-state index contributed by atoms with van der Waals surface area (Å²) in [6.45, 7) is 5.49. The van der Waals surface area contributed by atoms with Gasteiger partial charge < -0.3 is 15.0 Å². The van der Waals surface area contributed by atoms with E-state index in [1.807, 2.05) is 6.07 Å². The van der Waals surface area contributed by atoms with Crippen molar-refractivity contribution in [1.29, 1.82) is 0 Å². The number of amides is 1. The highest BCUT2D eigenvalue weighted by Gasteiger charge is 2.19. The lowest BCUT2D eigenvalue weighted by Crippen LogP contribution is -2.41. The largest absolute Gasteiger partial charge is 0.378 e. The summed E-state index contributed by atoms with van der Waals surface area (Å²) >= 11 is 0. The number of anilines is 1. The highest BCUT2D eigenvalue weighted by molar-refractivity contribution is 5.92. The summed E-state index contributed by atoms with van der Waals surface area (Å²) in [4.78, 5) is 13.9. The lowest BCUT2D eigenvalue weighted by molar-refractivity contribution is 0.0298. The minimum absolute atomic E-state index is 0.0710. The third-order valence-electron chi connectivity index (χ3n) is 3.27. The van der Waals surface area contributed by atoms with Gasteiger partial charge in [0.1, 0.15) is 5.82 Å². The third kappa shape index (κ3) is 4.16. The van der Waals surface area contributed by atoms with Gasteiger partial charge in [0.15, 0.2) is 5.69 Å². The Morgan fingerprint density at radius 3 is 2.75 bits per heavy atom. The molecule has 0 aromatic carbocycles. The monoisotopic (exact) mass is 278 g/mol. The zero-order valence-corrected chi connectivity index (χ0v) is 12.0. The number of aromatic nitrogens is 2. The van der Waals surface area contributed by atoms with Gasteiger partial charge >= 0.3 is 0 Å². The van der Waals surface area contributed by atoms with Crippen molar-refractivity contribution in [2.45, 2.75) is 26.2 Å². The van der Waals surface area contributed by atoms with E-state index in [0.29, 0.717) is 32.0 Å². The number of carbonyl (C=O) groups is 1. The fourth-order valence-corrected chi connectivity index (χ4v) is 2.06. The Kier molecular flexibility index (Phi) is 5.73. The maximum atomic E-state index is 12.2. The van der Waals surface area contributed by atoms with Crippen LogP contribution in [0.25, 0.3) is 0 Å². The van der Waals surface area contributed by atoms with Crippen LogP contribution in [0.2, 0.25) is 0 Å². The Labute approximate surface area is 119 Å². The summed E-state index contributed by atoms with van der Waals surface area (Å²) in [6.07, 6.45) is 3.51. The maximum Gasteiger partial charge on any atom is 0.274 e. The molecule has 2 rings (SSSR count). The molecule has 110 valence electrons. The Hall–Kier alpha value is -1.69. The molecule has 20 heavy (non-hydrogen) atoms. The number of unbranched alkanes of at least 4 members (excludes halogenated alkanes) is 2. The molecule has 6 heteroatoms. The van der Waals surface area contributed by atoms with Crippen molar-refractivity contribution in [2.75, 3.05) is 38.2 Å². The average Bonchev–Trinajstić information content (AvgIpc) is 2.52. The van der Waals surface area contributed by atoms with Crippen LogP contribution < -0.4 is 5.32 Å². The van der Waals surface area contributed by atoms with Crippen LogP contribution in [0.1, 0.15) is 36.7 Å². The fraction of sp³-hybridized carbons (Fsp3) is 0.643. The summed E-state index contributed by atoms with van der Waals surface area (Å²) < 4.78 is 5.23. The summed E-state index contributed by atoms with van der Waals surface area (Å²) in [6, 6.07) is 3.54. The predicted octanol–water partition coefficient (Wildman–Crippen LogP) is 1.55. The quantitative estimate of drug-likeness (QED) is 0.800. The predicted molar refractivity (Wildman–Crippen MR) is 76.8 cm³/mol. The number of carbonyl (C=O) groups excluding carboxylic acids is 1. The van der Waals surface area contributed by atoms with Crippen molar-refractivity contribution < 1.29 is 9.53 Å². The van der Waals surface area contributed by atoms with Gasteiger partial charge in [-0.05, 0) is 18.6 Å². The molecule has 1 aliphatic rings. The van der Waals surface area contributed by atoms with Gasteiger partial charge in [0.05, 0.1) is 13.2 Å². The first kappa shape index (κ1) is 14.7. The van der Waals surface area contributed by atoms with Crippen LogP contribution in [0.4, 0.5) is 5.82 Å². The summed E-state index contributed by atoms with van der Waals surface area (Å²) in [7, 11) is 0. The molecule has 0 atom stereocenters. The molecule has 1 N–H and O–H groups in total. The van der Waals surface area contributed by atoms with Crippen LogP contribution in [-0.2, 0) is 4.74 Å². The van der Waals surface area contributed by atoms with Crippen molar-refractivity contribution >= 4 is 11.7 Å². The molecule has 0 unspecified atom stereocenters. The summed E-state index contributed by atoms with van der Waals surface area (Å²) in [5.74, 6) is 0.651. The van der Waals surface area contributed by atoms with E-state index >= 15 is 0 Å². The standard InChI is InChI=1S/C14H22N4O2/c1-2-3-4-7-15-13-6-5-12(16-17-13)14(19)18-8-10-20-11-9-18/h5-6H,2-4,7-11H2,1H3,(H,15,17). The first-order valence-electron chi connectivity index (χ1n) is 7.26. The molecule has 0 aliphatic carbocycles. The minimum Gasteiger partial charge on any atom is -0.378 e. The molecule has 1 aromatic heterocycles. The van der Waals surface area contributed by atoms with Gasteiger partial charge in [0.2, 0.25) is 0 Å². The van der Waals surface area contributed by atoms with E-state index in [1.54, 1.807) is 11.0 Å². The maximum absolute atomic E-state index is 12.2. The normalized spacial score (nSPS) is 15.2. The molecule has 1 fully saturated rings. The molecule has 1 saturated heterocycles. The highest BCUT2D eigenvalue weighted by atomic mass is 16.5. The summed E-state index contributed by atoms with van der Waals surface area (Å²) in [5.41, 5.74) is 0.394. The van der Waals surface area contributed by atoms with E-state index in [4.69, 9.17) is 4.74 Å². The van der Waals surface area contributed by atoms with Gasteiger partial charge in [-0.15, -0.1) is 10.2 Å². The Morgan fingerprint density at radius 2 is 2.10 bits per heavy atom. The van der Waals surface area contributed by atoms with Crippen LogP contribution >= 0.6 is 0 Å². The van der Waals surface area contributed by atoms with Gasteiger partial charge in [0, 0.05) is 19.6 Å². The molecule has 6 nitrogen and oxygen atoms in total. The second kappa shape index (κ2) is 7.79. The van der Waals surface area contributed by atoms with Crippen molar-refractivity contribution in [1.82, 2.24) is 15.1 Å². The zero-order valence-electron chi connectivity index (χ0n) is 12.0. The topological polar surface area (TPSA) is 67.4 Å². The lowest BCUT2D eigenvalue weighted by atomic mass is 10.2. The van der Waals surface area contributed by atoms with Crippen molar-refractivity contribution in [3.8, 4) is 0 Å². The van der Waals surface area contributed by atoms with E-state index in [2.05, 4.69) is 22.4 Å². The number of morpholine rings is 1. The van der Waals surface area contributed by atoms with E-state index in [1.165, 1.54) is 12.8 Å². The third-order valence-corrected chi connectivity index (χ3v) is 3.27. The van der Waals surface area contributed by atoms with Crippen LogP contribution in [0.3, 0.4) is 0 Å². The first-order valence-corrected chi connectivity index (χ1v) is 7.26. The molecule has 1 amide bonds. The van der Waals surface area contributed by atoms with E-state index in [-0.39, 0.29) is 5.91 Å². The Morgan fingerprint density at radius 1 is 1.30 bits per heavy atom. The number of hydrogen-bond acceptors (Lipinski definition) is 5. The zero-order chi connectivity index (χ0) is 14.2. The average molecular weight is 278 g/mol. The van der Waals surface area contributed by atoms with E-state index in [9.17, 15) is 4.79 Å². The second-order valence-corrected chi connectivity index (χ2v) is 4.84. The Bertz CT molecular complexity index is 416. The number of ether oxygens (including phenoxy) is 1. The van der Waals surface area contributed by atoms with E-state index in [0.717, 1.165) is 18.8 Å². The van der Waals surface area contributed by atoms with Crippen molar-refractivity contribution in [2.24, 2.45) is 0 Å². The van der Waals surface area contributed by atoms with Gasteiger partial charge in [-0.25, -0.2) is 0 Å². The molecular weight excluding hydrogens is 256 g/mol. The number of nitrogens with one attached hydrogen (secondary N) is 1. The van der Waals surface area contributed by atoms with Crippen molar-refractivity contribution in [3.05, 3.63) is 17.8 Å². The fourth-order valence-electron chi connectivity index (χ4n) is 2.06. The van der Waals surface area contributed by atoms with Crippen molar-refractivity contribution in [3.63, 3.8) is 0 Å². The number of rotatable bonds is 6. The summed E-state index contributed by atoms with van der Waals surface area (Å²) in [5, 5.41) is 11.3. The van der Waals surface area contributed by atoms with Crippen LogP contribution in [0, 0.1) is 0 Å². The van der Waals surface area contributed by atoms with E-state index < -0.39 is 0 Å². The van der Waals surface area contributed by atoms with Gasteiger partial charge in [0.25, 0.3) is 5.91 Å². The highest BCUT2D eigenvalue weighted by Crippen LogP contribution is 2.07. The van der Waals surface area contributed by atoms with Crippen LogP contribution in [-0.4, -0.2) is 53.9 Å². The lowest BCUT2D eigenvalue weighted by Gasteiger charge is -2.26. The molecule has 0 bridgehead atoms. The second-order valence-electron chi connectivity index (χ2n) is 4.84. The van der Waals surface area contributed by atoms with Gasteiger partial charge in [-0.1, -0.05) is 19.8 Å². The molecule has 1 aromatic rings. The van der Waals surface area contributed by atoms with Crippen LogP contribution in [0.15, 0.2) is 12.1 Å². The molecule has 0 saturated carbocycles. The SMILES string of the molecule is CCCCCNc1ccc(C(=O)N2CCOCC2)nn1. The van der Waals surface area contributed by atoms with Gasteiger partial charge in [-0.3, -0.25) is 4.79 Å². The Balaban J connectivity index is 1.85. The first-order chi connectivity index (χ1) is 9.81. The molecule has 1 aliphatic heterocycles. The van der Waals surface area contributed by atoms with Crippen LogP contribution in [0.5, 0.6) is 0 Å². The molecular formula is C14H22N4O2.